The van der Waals surface area contributed by atoms with Gasteiger partial charge in [0.15, 0.2) is 5.54 Å². The molecule has 0 unspecified atom stereocenters. The highest BCUT2D eigenvalue weighted by atomic mass is 16.5. The number of carbonyl (C=O) groups is 2. The number of hydrogen-bond donors (Lipinski definition) is 1. The van der Waals surface area contributed by atoms with Gasteiger partial charge in [-0.05, 0) is 19.1 Å². The van der Waals surface area contributed by atoms with E-state index in [1.54, 1.807) is 7.11 Å². The number of methoxy groups -OCH3 is 1. The second-order valence-corrected chi connectivity index (χ2v) is 6.64. The number of hydrogen-bond acceptors (Lipinski definition) is 4. The first-order valence-electron chi connectivity index (χ1n) is 8.55. The first kappa shape index (κ1) is 16.4. The number of aryl methyl sites for hydroxylation is 1. The minimum atomic E-state index is -1.05. The molecular weight excluding hydrogens is 332 g/mol. The summed E-state index contributed by atoms with van der Waals surface area (Å²) < 4.78 is 11.0. The number of amides is 3. The molecule has 0 saturated carbocycles. The fraction of sp³-hybridized carbons (Fsp3) is 0.300. The molecule has 6 nitrogen and oxygen atoms in total. The van der Waals surface area contributed by atoms with Crippen LogP contribution in [0.25, 0.3) is 0 Å². The van der Waals surface area contributed by atoms with E-state index >= 15 is 0 Å². The van der Waals surface area contributed by atoms with E-state index in [0.717, 1.165) is 11.1 Å². The van der Waals surface area contributed by atoms with Crippen LogP contribution in [0.2, 0.25) is 0 Å². The van der Waals surface area contributed by atoms with Gasteiger partial charge in [-0.25, -0.2) is 4.79 Å². The van der Waals surface area contributed by atoms with Crippen molar-refractivity contribution in [3.8, 4) is 11.5 Å². The van der Waals surface area contributed by atoms with Crippen molar-refractivity contribution in [3.05, 3.63) is 59.2 Å². The highest BCUT2D eigenvalue weighted by Gasteiger charge is 2.54. The van der Waals surface area contributed by atoms with E-state index in [9.17, 15) is 9.59 Å². The Morgan fingerprint density at radius 2 is 2.04 bits per heavy atom. The van der Waals surface area contributed by atoms with Crippen molar-refractivity contribution >= 4 is 11.9 Å². The smallest absolute Gasteiger partial charge is 0.325 e. The van der Waals surface area contributed by atoms with E-state index in [4.69, 9.17) is 9.47 Å². The Morgan fingerprint density at radius 3 is 2.85 bits per heavy atom. The zero-order valence-electron chi connectivity index (χ0n) is 14.7. The highest BCUT2D eigenvalue weighted by Crippen LogP contribution is 2.41. The van der Waals surface area contributed by atoms with Gasteiger partial charge < -0.3 is 14.8 Å². The standard InChI is InChI=1S/C20H20N2O4/c1-13-7-8-16(25-2)14(11-13)12-22-18(23)20(21-19(22)24)9-10-26-17-6-4-3-5-15(17)20/h3-8,11H,9-10,12H2,1-2H3,(H,21,24)/t20-/m1/s1. The molecule has 1 saturated heterocycles. The molecule has 0 aromatic heterocycles. The summed E-state index contributed by atoms with van der Waals surface area (Å²) in [5.41, 5.74) is 1.50. The Hall–Kier alpha value is -3.02. The average Bonchev–Trinajstić information content (AvgIpc) is 2.87. The van der Waals surface area contributed by atoms with Crippen LogP contribution >= 0.6 is 0 Å². The van der Waals surface area contributed by atoms with Crippen LogP contribution in [0.5, 0.6) is 11.5 Å². The van der Waals surface area contributed by atoms with Crippen LogP contribution in [0.1, 0.15) is 23.1 Å². The monoisotopic (exact) mass is 352 g/mol. The van der Waals surface area contributed by atoms with E-state index in [1.165, 1.54) is 4.90 Å². The van der Waals surface area contributed by atoms with E-state index in [1.807, 2.05) is 49.4 Å². The lowest BCUT2D eigenvalue weighted by molar-refractivity contribution is -0.133. The number of carbonyl (C=O) groups excluding carboxylic acids is 2. The van der Waals surface area contributed by atoms with Crippen LogP contribution in [0.4, 0.5) is 4.79 Å². The molecule has 0 bridgehead atoms. The van der Waals surface area contributed by atoms with Crippen LogP contribution in [0.3, 0.4) is 0 Å². The zero-order valence-corrected chi connectivity index (χ0v) is 14.7. The molecule has 2 aliphatic heterocycles. The first-order valence-corrected chi connectivity index (χ1v) is 8.55. The zero-order chi connectivity index (χ0) is 18.3. The van der Waals surface area contributed by atoms with Gasteiger partial charge in [-0.1, -0.05) is 35.9 Å². The largest absolute Gasteiger partial charge is 0.496 e. The summed E-state index contributed by atoms with van der Waals surface area (Å²) in [5.74, 6) is 1.05. The lowest BCUT2D eigenvalue weighted by Crippen LogP contribution is -2.47. The number of benzene rings is 2. The SMILES string of the molecule is COc1ccc(C)cc1CN1C(=O)N[C@@]2(CCOc3ccccc32)C1=O. The Bertz CT molecular complexity index is 895. The maximum Gasteiger partial charge on any atom is 0.325 e. The van der Waals surface area contributed by atoms with Crippen molar-refractivity contribution in [2.45, 2.75) is 25.4 Å². The third-order valence-corrected chi connectivity index (χ3v) is 5.02. The van der Waals surface area contributed by atoms with Crippen molar-refractivity contribution in [1.29, 1.82) is 0 Å². The van der Waals surface area contributed by atoms with Gasteiger partial charge in [0.25, 0.3) is 5.91 Å². The van der Waals surface area contributed by atoms with E-state index < -0.39 is 11.6 Å². The molecule has 2 heterocycles. The van der Waals surface area contributed by atoms with Crippen LogP contribution < -0.4 is 14.8 Å². The number of imide groups is 1. The molecular formula is C20H20N2O4. The van der Waals surface area contributed by atoms with Gasteiger partial charge in [0.1, 0.15) is 11.5 Å². The maximum atomic E-state index is 13.3. The van der Waals surface area contributed by atoms with Crippen LogP contribution in [0.15, 0.2) is 42.5 Å². The van der Waals surface area contributed by atoms with Crippen LogP contribution in [-0.4, -0.2) is 30.6 Å². The number of nitrogens with zero attached hydrogens (tertiary/aromatic N) is 1. The number of ether oxygens (including phenoxy) is 2. The summed E-state index contributed by atoms with van der Waals surface area (Å²) in [4.78, 5) is 27.2. The van der Waals surface area contributed by atoms with Gasteiger partial charge in [-0.3, -0.25) is 9.69 Å². The lowest BCUT2D eigenvalue weighted by atomic mass is 9.84. The molecule has 0 aliphatic carbocycles. The lowest BCUT2D eigenvalue weighted by Gasteiger charge is -2.33. The van der Waals surface area contributed by atoms with Gasteiger partial charge >= 0.3 is 6.03 Å². The van der Waals surface area contributed by atoms with Gasteiger partial charge in [-0.2, -0.15) is 0 Å². The summed E-state index contributed by atoms with van der Waals surface area (Å²) >= 11 is 0. The average molecular weight is 352 g/mol. The fourth-order valence-corrected chi connectivity index (χ4v) is 3.72. The summed E-state index contributed by atoms with van der Waals surface area (Å²) in [6.45, 7) is 2.51. The van der Waals surface area contributed by atoms with Crippen LogP contribution in [0, 0.1) is 6.92 Å². The molecule has 1 fully saturated rings. The molecule has 2 aromatic rings. The third-order valence-electron chi connectivity index (χ3n) is 5.02. The van der Waals surface area contributed by atoms with Gasteiger partial charge in [0.05, 0.1) is 20.3 Å². The van der Waals surface area contributed by atoms with Crippen molar-refractivity contribution in [2.24, 2.45) is 0 Å². The first-order chi connectivity index (χ1) is 12.5. The summed E-state index contributed by atoms with van der Waals surface area (Å²) in [5, 5.41) is 2.91. The molecule has 1 N–H and O–H groups in total. The fourth-order valence-electron chi connectivity index (χ4n) is 3.72. The molecule has 134 valence electrons. The van der Waals surface area contributed by atoms with Gasteiger partial charge in [0.2, 0.25) is 0 Å². The predicted molar refractivity (Wildman–Crippen MR) is 95.0 cm³/mol. The maximum absolute atomic E-state index is 13.3. The summed E-state index contributed by atoms with van der Waals surface area (Å²) in [6.07, 6.45) is 0.413. The second kappa shape index (κ2) is 6.05. The molecule has 6 heteroatoms. The molecule has 1 spiro atoms. The molecule has 26 heavy (non-hydrogen) atoms. The number of nitrogens with one attached hydrogen (secondary N) is 1. The molecule has 1 atom stereocenters. The molecule has 3 amide bonds. The number of rotatable bonds is 3. The van der Waals surface area contributed by atoms with Crippen molar-refractivity contribution in [3.63, 3.8) is 0 Å². The third kappa shape index (κ3) is 2.41. The second-order valence-electron chi connectivity index (χ2n) is 6.64. The summed E-state index contributed by atoms with van der Waals surface area (Å²) in [7, 11) is 1.58. The Balaban J connectivity index is 1.71. The number of fused-ring (bicyclic) bond motifs is 2. The molecule has 4 rings (SSSR count). The van der Waals surface area contributed by atoms with E-state index in [0.29, 0.717) is 30.1 Å². The van der Waals surface area contributed by atoms with Gasteiger partial charge in [0, 0.05) is 17.5 Å². The Labute approximate surface area is 151 Å². The molecule has 2 aliphatic rings. The van der Waals surface area contributed by atoms with Crippen molar-refractivity contribution in [1.82, 2.24) is 10.2 Å². The van der Waals surface area contributed by atoms with Crippen molar-refractivity contribution < 1.29 is 19.1 Å². The number of urea groups is 1. The van der Waals surface area contributed by atoms with E-state index in [-0.39, 0.29) is 12.5 Å². The number of para-hydroxylation sites is 1. The topological polar surface area (TPSA) is 67.9 Å². The minimum absolute atomic E-state index is 0.167. The van der Waals surface area contributed by atoms with Crippen LogP contribution in [-0.2, 0) is 16.9 Å². The minimum Gasteiger partial charge on any atom is -0.496 e. The molecule has 2 aromatic carbocycles. The van der Waals surface area contributed by atoms with Gasteiger partial charge in [-0.15, -0.1) is 0 Å². The quantitative estimate of drug-likeness (QED) is 0.863. The Kier molecular flexibility index (Phi) is 3.83. The normalized spacial score (nSPS) is 21.4. The predicted octanol–water partition coefficient (Wildman–Crippen LogP) is 2.73. The van der Waals surface area contributed by atoms with Crippen molar-refractivity contribution in [2.75, 3.05) is 13.7 Å². The summed E-state index contributed by atoms with van der Waals surface area (Å²) in [6, 6.07) is 12.7. The molecule has 0 radical (unpaired) electrons. The van der Waals surface area contributed by atoms with E-state index in [2.05, 4.69) is 5.32 Å². The highest BCUT2D eigenvalue weighted by molar-refractivity contribution is 6.07. The Morgan fingerprint density at radius 1 is 1.23 bits per heavy atom.